The number of nitrogens with zero attached hydrogens (tertiary/aromatic N) is 5. The SMILES string of the molecule is Cc1cc(NC(=O)CCCc2nc(-c3ccc(Cl)cc3)no2)n(-c2ccc([N+](=O)[O-])cc2)n1. The summed E-state index contributed by atoms with van der Waals surface area (Å²) in [5, 5.41) is 22.6. The summed E-state index contributed by atoms with van der Waals surface area (Å²) in [5.74, 6) is 1.19. The molecule has 0 radical (unpaired) electrons. The van der Waals surface area contributed by atoms with Crippen LogP contribution in [-0.4, -0.2) is 30.8 Å². The van der Waals surface area contributed by atoms with E-state index in [4.69, 9.17) is 16.1 Å². The van der Waals surface area contributed by atoms with E-state index in [1.165, 1.54) is 16.8 Å². The highest BCUT2D eigenvalue weighted by Crippen LogP contribution is 2.21. The van der Waals surface area contributed by atoms with Crippen LogP contribution in [0, 0.1) is 17.0 Å². The van der Waals surface area contributed by atoms with E-state index in [0.29, 0.717) is 46.8 Å². The number of hydrogen-bond donors (Lipinski definition) is 1. The van der Waals surface area contributed by atoms with Gasteiger partial charge in [0.2, 0.25) is 17.6 Å². The van der Waals surface area contributed by atoms with Crippen molar-refractivity contribution in [3.63, 3.8) is 0 Å². The molecule has 0 atom stereocenters. The van der Waals surface area contributed by atoms with Gasteiger partial charge in [-0.25, -0.2) is 4.68 Å². The van der Waals surface area contributed by atoms with Crippen LogP contribution < -0.4 is 5.32 Å². The summed E-state index contributed by atoms with van der Waals surface area (Å²) in [6.45, 7) is 1.80. The molecule has 1 N–H and O–H groups in total. The second kappa shape index (κ2) is 9.61. The Labute approximate surface area is 193 Å². The summed E-state index contributed by atoms with van der Waals surface area (Å²) in [5.41, 5.74) is 2.07. The molecule has 0 saturated heterocycles. The third-order valence-corrected chi connectivity index (χ3v) is 5.02. The quantitative estimate of drug-likeness (QED) is 0.293. The fourth-order valence-electron chi connectivity index (χ4n) is 3.18. The number of aryl methyl sites for hydroxylation is 2. The van der Waals surface area contributed by atoms with Gasteiger partial charge in [-0.2, -0.15) is 10.1 Å². The number of hydrogen-bond acceptors (Lipinski definition) is 7. The van der Waals surface area contributed by atoms with Gasteiger partial charge in [0.05, 0.1) is 16.3 Å². The molecule has 0 spiro atoms. The zero-order chi connectivity index (χ0) is 23.4. The molecular formula is C22H19ClN6O4. The molecule has 0 aliphatic carbocycles. The highest BCUT2D eigenvalue weighted by Gasteiger charge is 2.14. The minimum atomic E-state index is -0.470. The summed E-state index contributed by atoms with van der Waals surface area (Å²) in [4.78, 5) is 27.2. The van der Waals surface area contributed by atoms with Gasteiger partial charge in [0.25, 0.3) is 5.69 Å². The van der Waals surface area contributed by atoms with Gasteiger partial charge in [0, 0.05) is 41.6 Å². The molecule has 0 saturated carbocycles. The molecule has 168 valence electrons. The molecule has 11 heteroatoms. The third kappa shape index (κ3) is 5.42. The van der Waals surface area contributed by atoms with Crippen LogP contribution in [0.2, 0.25) is 5.02 Å². The molecule has 2 aromatic heterocycles. The number of carbonyl (C=O) groups excluding carboxylic acids is 1. The number of nitro benzene ring substituents is 1. The predicted molar refractivity (Wildman–Crippen MR) is 121 cm³/mol. The minimum Gasteiger partial charge on any atom is -0.339 e. The first-order chi connectivity index (χ1) is 15.9. The summed E-state index contributed by atoms with van der Waals surface area (Å²) >= 11 is 5.89. The molecule has 0 aliphatic rings. The van der Waals surface area contributed by atoms with Gasteiger partial charge in [0.15, 0.2) is 0 Å². The minimum absolute atomic E-state index is 0.0199. The number of anilines is 1. The highest BCUT2D eigenvalue weighted by molar-refractivity contribution is 6.30. The van der Waals surface area contributed by atoms with Crippen molar-refractivity contribution in [1.29, 1.82) is 0 Å². The topological polar surface area (TPSA) is 129 Å². The molecule has 4 rings (SSSR count). The summed E-state index contributed by atoms with van der Waals surface area (Å²) in [7, 11) is 0. The number of nitro groups is 1. The van der Waals surface area contributed by atoms with Crippen molar-refractivity contribution in [1.82, 2.24) is 19.9 Å². The van der Waals surface area contributed by atoms with Gasteiger partial charge in [-0.05, 0) is 49.7 Å². The lowest BCUT2D eigenvalue weighted by Gasteiger charge is -2.08. The Balaban J connectivity index is 1.34. The maximum Gasteiger partial charge on any atom is 0.269 e. The van der Waals surface area contributed by atoms with Crippen molar-refractivity contribution in [3.8, 4) is 17.1 Å². The van der Waals surface area contributed by atoms with E-state index in [-0.39, 0.29) is 18.0 Å². The highest BCUT2D eigenvalue weighted by atomic mass is 35.5. The van der Waals surface area contributed by atoms with Gasteiger partial charge in [-0.3, -0.25) is 14.9 Å². The van der Waals surface area contributed by atoms with Crippen LogP contribution in [-0.2, 0) is 11.2 Å². The van der Waals surface area contributed by atoms with Crippen LogP contribution >= 0.6 is 11.6 Å². The molecule has 0 fully saturated rings. The third-order valence-electron chi connectivity index (χ3n) is 4.77. The Morgan fingerprint density at radius 3 is 2.61 bits per heavy atom. The molecule has 10 nitrogen and oxygen atoms in total. The summed E-state index contributed by atoms with van der Waals surface area (Å²) < 4.78 is 6.80. The molecule has 2 heterocycles. The molecule has 0 aliphatic heterocycles. The van der Waals surface area contributed by atoms with E-state index in [1.54, 1.807) is 49.4 Å². The molecule has 2 aromatic carbocycles. The van der Waals surface area contributed by atoms with Crippen LogP contribution in [0.4, 0.5) is 11.5 Å². The van der Waals surface area contributed by atoms with E-state index in [0.717, 1.165) is 5.56 Å². The first-order valence-corrected chi connectivity index (χ1v) is 10.5. The van der Waals surface area contributed by atoms with Crippen molar-refractivity contribution < 1.29 is 14.2 Å². The van der Waals surface area contributed by atoms with E-state index in [1.807, 2.05) is 0 Å². The Hall–Kier alpha value is -4.05. The molecule has 0 unspecified atom stereocenters. The van der Waals surface area contributed by atoms with Crippen molar-refractivity contribution >= 4 is 29.0 Å². The average Bonchev–Trinajstić information content (AvgIpc) is 3.41. The van der Waals surface area contributed by atoms with Gasteiger partial charge < -0.3 is 9.84 Å². The second-order valence-electron chi connectivity index (χ2n) is 7.28. The number of aromatic nitrogens is 4. The monoisotopic (exact) mass is 466 g/mol. The standard InChI is InChI=1S/C22H19ClN6O4/c1-14-13-19(28(26-14)17-9-11-18(12-10-17)29(31)32)24-20(30)3-2-4-21-25-22(27-33-21)15-5-7-16(23)8-6-15/h5-13H,2-4H2,1H3,(H,24,30). The number of halogens is 1. The smallest absolute Gasteiger partial charge is 0.269 e. The molecule has 4 aromatic rings. The first-order valence-electron chi connectivity index (χ1n) is 10.1. The number of rotatable bonds is 8. The van der Waals surface area contributed by atoms with E-state index in [2.05, 4.69) is 20.6 Å². The summed E-state index contributed by atoms with van der Waals surface area (Å²) in [6.07, 6.45) is 1.20. The normalized spacial score (nSPS) is 10.8. The Morgan fingerprint density at radius 1 is 1.18 bits per heavy atom. The molecule has 33 heavy (non-hydrogen) atoms. The summed E-state index contributed by atoms with van der Waals surface area (Å²) in [6, 6.07) is 14.8. The van der Waals surface area contributed by atoms with Crippen LogP contribution in [0.15, 0.2) is 59.1 Å². The second-order valence-corrected chi connectivity index (χ2v) is 7.71. The number of carbonyl (C=O) groups is 1. The predicted octanol–water partition coefficient (Wildman–Crippen LogP) is 4.75. The number of amides is 1. The van der Waals surface area contributed by atoms with Gasteiger partial charge in [-0.15, -0.1) is 0 Å². The van der Waals surface area contributed by atoms with E-state index in [9.17, 15) is 14.9 Å². The number of benzene rings is 2. The van der Waals surface area contributed by atoms with E-state index < -0.39 is 4.92 Å². The van der Waals surface area contributed by atoms with Crippen LogP contribution in [0.5, 0.6) is 0 Å². The molecule has 1 amide bonds. The number of non-ortho nitro benzene ring substituents is 1. The van der Waals surface area contributed by atoms with Gasteiger partial charge in [0.1, 0.15) is 5.82 Å². The van der Waals surface area contributed by atoms with Crippen molar-refractivity contribution in [2.45, 2.75) is 26.2 Å². The van der Waals surface area contributed by atoms with Crippen LogP contribution in [0.3, 0.4) is 0 Å². The lowest BCUT2D eigenvalue weighted by molar-refractivity contribution is -0.384. The van der Waals surface area contributed by atoms with Crippen LogP contribution in [0.25, 0.3) is 17.1 Å². The Morgan fingerprint density at radius 2 is 1.91 bits per heavy atom. The lowest BCUT2D eigenvalue weighted by atomic mass is 10.2. The zero-order valence-electron chi connectivity index (χ0n) is 17.6. The first kappa shape index (κ1) is 22.2. The van der Waals surface area contributed by atoms with Gasteiger partial charge in [-0.1, -0.05) is 16.8 Å². The Bertz CT molecular complexity index is 1280. The van der Waals surface area contributed by atoms with Crippen LogP contribution in [0.1, 0.15) is 24.4 Å². The maximum absolute atomic E-state index is 12.5. The number of nitrogens with one attached hydrogen (secondary N) is 1. The largest absolute Gasteiger partial charge is 0.339 e. The average molecular weight is 467 g/mol. The van der Waals surface area contributed by atoms with Crippen molar-refractivity contribution in [2.75, 3.05) is 5.32 Å². The fourth-order valence-corrected chi connectivity index (χ4v) is 3.31. The van der Waals surface area contributed by atoms with Crippen molar-refractivity contribution in [3.05, 3.63) is 81.3 Å². The zero-order valence-corrected chi connectivity index (χ0v) is 18.3. The maximum atomic E-state index is 12.5. The molecule has 0 bridgehead atoms. The van der Waals surface area contributed by atoms with E-state index >= 15 is 0 Å². The Kier molecular flexibility index (Phi) is 6.45. The van der Waals surface area contributed by atoms with Gasteiger partial charge >= 0.3 is 0 Å². The van der Waals surface area contributed by atoms with Crippen molar-refractivity contribution in [2.24, 2.45) is 0 Å². The molecular weight excluding hydrogens is 448 g/mol. The lowest BCUT2D eigenvalue weighted by Crippen LogP contribution is -2.15. The fraction of sp³-hybridized carbons (Fsp3) is 0.182.